The van der Waals surface area contributed by atoms with E-state index in [9.17, 15) is 4.79 Å². The summed E-state index contributed by atoms with van der Waals surface area (Å²) in [6.45, 7) is 4.20. The van der Waals surface area contributed by atoms with Gasteiger partial charge in [-0.15, -0.1) is 0 Å². The van der Waals surface area contributed by atoms with E-state index in [-0.39, 0.29) is 17.5 Å². The summed E-state index contributed by atoms with van der Waals surface area (Å²) in [5.41, 5.74) is 1.83. The molecule has 0 spiro atoms. The van der Waals surface area contributed by atoms with Crippen molar-refractivity contribution in [2.75, 3.05) is 13.1 Å². The Morgan fingerprint density at radius 1 is 1.12 bits per heavy atom. The van der Waals surface area contributed by atoms with Crippen molar-refractivity contribution in [1.29, 1.82) is 0 Å². The maximum atomic E-state index is 13.4. The Balaban J connectivity index is 1.56. The molecule has 0 radical (unpaired) electrons. The number of benzene rings is 1. The lowest BCUT2D eigenvalue weighted by molar-refractivity contribution is -0.133. The van der Waals surface area contributed by atoms with Crippen LogP contribution in [-0.4, -0.2) is 39.2 Å². The zero-order valence-corrected chi connectivity index (χ0v) is 15.5. The van der Waals surface area contributed by atoms with Crippen LogP contribution in [-0.2, 0) is 4.79 Å². The second-order valence-electron chi connectivity index (χ2n) is 7.64. The van der Waals surface area contributed by atoms with Gasteiger partial charge in [0.2, 0.25) is 5.91 Å². The van der Waals surface area contributed by atoms with Crippen LogP contribution in [0.3, 0.4) is 0 Å². The van der Waals surface area contributed by atoms with E-state index in [0.717, 1.165) is 50.0 Å². The summed E-state index contributed by atoms with van der Waals surface area (Å²) in [6, 6.07) is 10.0. The third kappa shape index (κ3) is 3.05. The number of amides is 1. The zero-order valence-electron chi connectivity index (χ0n) is 15.5. The molecule has 0 bridgehead atoms. The SMILES string of the molecule is CC(NC(=O)C1(N2CCCC2)CCCC1)c1ccccc1-n1cccn1. The average molecular weight is 352 g/mol. The van der Waals surface area contributed by atoms with Gasteiger partial charge in [-0.1, -0.05) is 31.0 Å². The highest BCUT2D eigenvalue weighted by Crippen LogP contribution is 2.38. The number of carbonyl (C=O) groups is 1. The fourth-order valence-corrected chi connectivity index (χ4v) is 4.67. The third-order valence-corrected chi connectivity index (χ3v) is 6.07. The Hall–Kier alpha value is -2.14. The second-order valence-corrected chi connectivity index (χ2v) is 7.64. The van der Waals surface area contributed by atoms with Gasteiger partial charge in [-0.25, -0.2) is 4.68 Å². The van der Waals surface area contributed by atoms with Gasteiger partial charge in [0.05, 0.1) is 11.7 Å². The molecule has 1 aromatic carbocycles. The summed E-state index contributed by atoms with van der Waals surface area (Å²) >= 11 is 0. The molecule has 138 valence electrons. The third-order valence-electron chi connectivity index (χ3n) is 6.07. The maximum absolute atomic E-state index is 13.4. The number of hydrogen-bond acceptors (Lipinski definition) is 3. The van der Waals surface area contributed by atoms with Crippen LogP contribution < -0.4 is 5.32 Å². The van der Waals surface area contributed by atoms with Crippen LogP contribution in [0.15, 0.2) is 42.7 Å². The Bertz CT molecular complexity index is 743. The fraction of sp³-hybridized carbons (Fsp3) is 0.524. The van der Waals surface area contributed by atoms with E-state index >= 15 is 0 Å². The first-order valence-electron chi connectivity index (χ1n) is 9.86. The summed E-state index contributed by atoms with van der Waals surface area (Å²) in [6.07, 6.45) is 10.4. The molecule has 4 rings (SSSR count). The molecule has 2 fully saturated rings. The molecular weight excluding hydrogens is 324 g/mol. The molecule has 1 aromatic heterocycles. The lowest BCUT2D eigenvalue weighted by Gasteiger charge is -2.38. The van der Waals surface area contributed by atoms with E-state index in [1.807, 2.05) is 29.1 Å². The Kier molecular flexibility index (Phi) is 4.81. The number of carbonyl (C=O) groups excluding carboxylic acids is 1. The minimum Gasteiger partial charge on any atom is -0.348 e. The van der Waals surface area contributed by atoms with Crippen molar-refractivity contribution in [3.8, 4) is 5.69 Å². The number of nitrogens with zero attached hydrogens (tertiary/aromatic N) is 3. The molecule has 5 heteroatoms. The predicted octanol–water partition coefficient (Wildman–Crippen LogP) is 3.46. The van der Waals surface area contributed by atoms with Gasteiger partial charge in [0.15, 0.2) is 0 Å². The van der Waals surface area contributed by atoms with Crippen LogP contribution in [0.5, 0.6) is 0 Å². The monoisotopic (exact) mass is 352 g/mol. The fourth-order valence-electron chi connectivity index (χ4n) is 4.67. The summed E-state index contributed by atoms with van der Waals surface area (Å²) < 4.78 is 1.86. The number of rotatable bonds is 5. The Morgan fingerprint density at radius 2 is 1.85 bits per heavy atom. The molecule has 26 heavy (non-hydrogen) atoms. The molecular formula is C21H28N4O. The predicted molar refractivity (Wildman–Crippen MR) is 102 cm³/mol. The molecule has 1 saturated heterocycles. The summed E-state index contributed by atoms with van der Waals surface area (Å²) in [5.74, 6) is 0.208. The van der Waals surface area contributed by atoms with Gasteiger partial charge in [-0.05, 0) is 63.4 Å². The second kappa shape index (κ2) is 7.23. The Morgan fingerprint density at radius 3 is 2.54 bits per heavy atom. The first-order chi connectivity index (χ1) is 12.7. The summed E-state index contributed by atoms with van der Waals surface area (Å²) in [7, 11) is 0. The molecule has 2 heterocycles. The molecule has 5 nitrogen and oxygen atoms in total. The average Bonchev–Trinajstić information content (AvgIpc) is 3.44. The van der Waals surface area contributed by atoms with Crippen molar-refractivity contribution in [3.05, 3.63) is 48.3 Å². The maximum Gasteiger partial charge on any atom is 0.240 e. The van der Waals surface area contributed by atoms with Crippen LogP contribution in [0, 0.1) is 0 Å². The van der Waals surface area contributed by atoms with Crippen molar-refractivity contribution in [3.63, 3.8) is 0 Å². The van der Waals surface area contributed by atoms with Crippen molar-refractivity contribution in [1.82, 2.24) is 20.0 Å². The van der Waals surface area contributed by atoms with Crippen molar-refractivity contribution in [2.45, 2.75) is 57.0 Å². The number of para-hydroxylation sites is 1. The summed E-state index contributed by atoms with van der Waals surface area (Å²) in [5, 5.41) is 7.70. The normalized spacial score (nSPS) is 21.0. The van der Waals surface area contributed by atoms with Crippen molar-refractivity contribution in [2.24, 2.45) is 0 Å². The van der Waals surface area contributed by atoms with E-state index in [0.29, 0.717) is 0 Å². The van der Waals surface area contributed by atoms with E-state index < -0.39 is 0 Å². The standard InChI is InChI=1S/C21H28N4O/c1-17(18-9-2-3-10-19(18)25-16-8-13-22-25)23-20(26)21(11-4-5-12-21)24-14-6-7-15-24/h2-3,8-10,13,16-17H,4-7,11-12,14-15H2,1H3,(H,23,26). The molecule has 2 aliphatic rings. The molecule has 1 saturated carbocycles. The highest BCUT2D eigenvalue weighted by Gasteiger charge is 2.47. The van der Waals surface area contributed by atoms with Gasteiger partial charge in [-0.3, -0.25) is 9.69 Å². The lowest BCUT2D eigenvalue weighted by Crippen LogP contribution is -2.56. The van der Waals surface area contributed by atoms with E-state index in [1.54, 1.807) is 6.20 Å². The molecule has 1 aliphatic heterocycles. The minimum atomic E-state index is -0.286. The van der Waals surface area contributed by atoms with E-state index in [1.165, 1.54) is 12.8 Å². The van der Waals surface area contributed by atoms with Crippen molar-refractivity contribution < 1.29 is 4.79 Å². The zero-order chi connectivity index (χ0) is 18.0. The number of likely N-dealkylation sites (tertiary alicyclic amines) is 1. The number of hydrogen-bond donors (Lipinski definition) is 1. The smallest absolute Gasteiger partial charge is 0.240 e. The topological polar surface area (TPSA) is 50.2 Å². The number of aromatic nitrogens is 2. The molecule has 1 atom stereocenters. The highest BCUT2D eigenvalue weighted by molar-refractivity contribution is 5.87. The van der Waals surface area contributed by atoms with Gasteiger partial charge < -0.3 is 5.32 Å². The van der Waals surface area contributed by atoms with Crippen LogP contribution in [0.1, 0.15) is 57.1 Å². The van der Waals surface area contributed by atoms with Gasteiger partial charge >= 0.3 is 0 Å². The van der Waals surface area contributed by atoms with Crippen LogP contribution >= 0.6 is 0 Å². The summed E-state index contributed by atoms with van der Waals surface area (Å²) in [4.78, 5) is 15.8. The molecule has 1 amide bonds. The quantitative estimate of drug-likeness (QED) is 0.896. The molecule has 1 aliphatic carbocycles. The van der Waals surface area contributed by atoms with Gasteiger partial charge in [0.1, 0.15) is 5.54 Å². The molecule has 2 aromatic rings. The lowest BCUT2D eigenvalue weighted by atomic mass is 9.93. The minimum absolute atomic E-state index is 0.0528. The first-order valence-corrected chi connectivity index (χ1v) is 9.86. The van der Waals surface area contributed by atoms with E-state index in [2.05, 4.69) is 34.4 Å². The first kappa shape index (κ1) is 17.3. The van der Waals surface area contributed by atoms with Gasteiger partial charge in [0, 0.05) is 12.4 Å². The molecule has 1 N–H and O–H groups in total. The van der Waals surface area contributed by atoms with Gasteiger partial charge in [0.25, 0.3) is 0 Å². The van der Waals surface area contributed by atoms with Crippen molar-refractivity contribution >= 4 is 5.91 Å². The largest absolute Gasteiger partial charge is 0.348 e. The Labute approximate surface area is 155 Å². The van der Waals surface area contributed by atoms with Crippen LogP contribution in [0.4, 0.5) is 0 Å². The van der Waals surface area contributed by atoms with Crippen LogP contribution in [0.25, 0.3) is 5.69 Å². The highest BCUT2D eigenvalue weighted by atomic mass is 16.2. The van der Waals surface area contributed by atoms with Crippen LogP contribution in [0.2, 0.25) is 0 Å². The molecule has 1 unspecified atom stereocenters. The van der Waals surface area contributed by atoms with E-state index in [4.69, 9.17) is 0 Å². The van der Waals surface area contributed by atoms with Gasteiger partial charge in [-0.2, -0.15) is 5.10 Å². The number of nitrogens with one attached hydrogen (secondary N) is 1.